The van der Waals surface area contributed by atoms with Crippen LogP contribution in [-0.2, 0) is 0 Å². The van der Waals surface area contributed by atoms with Crippen molar-refractivity contribution in [1.82, 2.24) is 0 Å². The summed E-state index contributed by atoms with van der Waals surface area (Å²) in [6, 6.07) is 11.3. The zero-order chi connectivity index (χ0) is 12.4. The summed E-state index contributed by atoms with van der Waals surface area (Å²) in [4.78, 5) is 12.2. The highest BCUT2D eigenvalue weighted by atomic mass is 19.1. The molecule has 0 amide bonds. The van der Waals surface area contributed by atoms with Gasteiger partial charge in [0.25, 0.3) is 0 Å². The Labute approximate surface area is 98.9 Å². The minimum absolute atomic E-state index is 0.0539. The predicted molar refractivity (Wildman–Crippen MR) is 65.4 cm³/mol. The van der Waals surface area contributed by atoms with E-state index in [1.807, 2.05) is 19.1 Å². The molecule has 0 aliphatic carbocycles. The molecule has 2 rings (SSSR count). The molecule has 0 aliphatic heterocycles. The van der Waals surface area contributed by atoms with Gasteiger partial charge in [-0.25, -0.2) is 4.39 Å². The van der Waals surface area contributed by atoms with Crippen LogP contribution in [0.1, 0.15) is 21.5 Å². The second-order valence-electron chi connectivity index (χ2n) is 3.85. The third kappa shape index (κ3) is 2.04. The van der Waals surface area contributed by atoms with Crippen molar-refractivity contribution in [1.29, 1.82) is 0 Å². The monoisotopic (exact) mass is 229 g/mol. The number of halogens is 1. The van der Waals surface area contributed by atoms with Crippen molar-refractivity contribution in [2.24, 2.45) is 0 Å². The van der Waals surface area contributed by atoms with Crippen molar-refractivity contribution in [3.05, 3.63) is 65.0 Å². The molecular weight excluding hydrogens is 217 g/mol. The molecule has 0 aliphatic rings. The number of benzene rings is 2. The first kappa shape index (κ1) is 11.3. The molecule has 86 valence electrons. The summed E-state index contributed by atoms with van der Waals surface area (Å²) in [5.74, 6) is -0.961. The van der Waals surface area contributed by atoms with Crippen LogP contribution in [0.5, 0.6) is 0 Å². The van der Waals surface area contributed by atoms with Gasteiger partial charge < -0.3 is 5.73 Å². The number of carbonyl (C=O) groups is 1. The van der Waals surface area contributed by atoms with Gasteiger partial charge in [-0.3, -0.25) is 4.79 Å². The smallest absolute Gasteiger partial charge is 0.198 e. The normalized spacial score (nSPS) is 10.2. The van der Waals surface area contributed by atoms with E-state index in [9.17, 15) is 9.18 Å². The Balaban J connectivity index is 2.56. The highest BCUT2D eigenvalue weighted by molar-refractivity contribution is 6.13. The van der Waals surface area contributed by atoms with E-state index in [-0.39, 0.29) is 17.0 Å². The van der Waals surface area contributed by atoms with E-state index in [1.54, 1.807) is 12.1 Å². The van der Waals surface area contributed by atoms with Crippen LogP contribution >= 0.6 is 0 Å². The lowest BCUT2D eigenvalue weighted by atomic mass is 9.98. The largest absolute Gasteiger partial charge is 0.398 e. The Morgan fingerprint density at radius 3 is 2.47 bits per heavy atom. The summed E-state index contributed by atoms with van der Waals surface area (Å²) >= 11 is 0. The Bertz CT molecular complexity index is 558. The predicted octanol–water partition coefficient (Wildman–Crippen LogP) is 2.95. The number of nitrogen functional groups attached to an aromatic ring is 1. The van der Waals surface area contributed by atoms with Gasteiger partial charge in [-0.1, -0.05) is 30.3 Å². The first-order valence-electron chi connectivity index (χ1n) is 5.25. The fourth-order valence-electron chi connectivity index (χ4n) is 1.74. The summed E-state index contributed by atoms with van der Waals surface area (Å²) in [6.07, 6.45) is 0. The van der Waals surface area contributed by atoms with E-state index in [2.05, 4.69) is 0 Å². The second-order valence-corrected chi connectivity index (χ2v) is 3.85. The Hall–Kier alpha value is -2.16. The van der Waals surface area contributed by atoms with E-state index in [0.29, 0.717) is 5.56 Å². The Kier molecular flexibility index (Phi) is 2.91. The van der Waals surface area contributed by atoms with E-state index in [4.69, 9.17) is 5.73 Å². The Morgan fingerprint density at radius 2 is 1.82 bits per heavy atom. The van der Waals surface area contributed by atoms with Gasteiger partial charge in [0.2, 0.25) is 0 Å². The minimum atomic E-state index is -0.585. The zero-order valence-corrected chi connectivity index (χ0v) is 9.41. The Morgan fingerprint density at radius 1 is 1.12 bits per heavy atom. The summed E-state index contributed by atoms with van der Waals surface area (Å²) in [7, 11) is 0. The van der Waals surface area contributed by atoms with Crippen LogP contribution in [0, 0.1) is 12.7 Å². The topological polar surface area (TPSA) is 43.1 Å². The van der Waals surface area contributed by atoms with Gasteiger partial charge in [0.05, 0.1) is 5.56 Å². The maximum Gasteiger partial charge on any atom is 0.198 e. The molecule has 2 aromatic rings. The first-order chi connectivity index (χ1) is 8.11. The first-order valence-corrected chi connectivity index (χ1v) is 5.25. The molecule has 3 heteroatoms. The molecule has 0 spiro atoms. The summed E-state index contributed by atoms with van der Waals surface area (Å²) < 4.78 is 13.6. The summed E-state index contributed by atoms with van der Waals surface area (Å²) in [5.41, 5.74) is 7.04. The van der Waals surface area contributed by atoms with Crippen LogP contribution in [0.3, 0.4) is 0 Å². The third-order valence-electron chi connectivity index (χ3n) is 2.66. The van der Waals surface area contributed by atoms with Gasteiger partial charge in [0.15, 0.2) is 5.78 Å². The van der Waals surface area contributed by atoms with E-state index in [0.717, 1.165) is 5.56 Å². The van der Waals surface area contributed by atoms with Crippen LogP contribution in [0.15, 0.2) is 42.5 Å². The maximum absolute atomic E-state index is 13.6. The molecule has 0 atom stereocenters. The molecule has 0 radical (unpaired) electrons. The van der Waals surface area contributed by atoms with Crippen molar-refractivity contribution in [2.75, 3.05) is 5.73 Å². The van der Waals surface area contributed by atoms with Crippen LogP contribution < -0.4 is 5.73 Å². The molecule has 0 unspecified atom stereocenters. The third-order valence-corrected chi connectivity index (χ3v) is 2.66. The number of hydrogen-bond acceptors (Lipinski definition) is 2. The fourth-order valence-corrected chi connectivity index (χ4v) is 1.74. The molecule has 0 saturated carbocycles. The van der Waals surface area contributed by atoms with Crippen molar-refractivity contribution >= 4 is 11.5 Å². The van der Waals surface area contributed by atoms with Crippen LogP contribution in [0.2, 0.25) is 0 Å². The molecular formula is C14H12FNO. The van der Waals surface area contributed by atoms with Crippen molar-refractivity contribution in [3.63, 3.8) is 0 Å². The molecule has 0 bridgehead atoms. The minimum Gasteiger partial charge on any atom is -0.398 e. The lowest BCUT2D eigenvalue weighted by molar-refractivity contribution is 0.103. The number of rotatable bonds is 2. The molecule has 2 nitrogen and oxygen atoms in total. The van der Waals surface area contributed by atoms with Crippen LogP contribution in [-0.4, -0.2) is 5.78 Å². The van der Waals surface area contributed by atoms with E-state index >= 15 is 0 Å². The van der Waals surface area contributed by atoms with Gasteiger partial charge in [-0.05, 0) is 24.6 Å². The molecule has 0 aromatic heterocycles. The molecule has 17 heavy (non-hydrogen) atoms. The van der Waals surface area contributed by atoms with Gasteiger partial charge in [0.1, 0.15) is 5.82 Å². The highest BCUT2D eigenvalue weighted by Gasteiger charge is 2.18. The van der Waals surface area contributed by atoms with Crippen molar-refractivity contribution in [3.8, 4) is 0 Å². The molecule has 0 fully saturated rings. The van der Waals surface area contributed by atoms with Gasteiger partial charge >= 0.3 is 0 Å². The zero-order valence-electron chi connectivity index (χ0n) is 9.41. The molecule has 2 aromatic carbocycles. The highest BCUT2D eigenvalue weighted by Crippen LogP contribution is 2.21. The second kappa shape index (κ2) is 4.37. The fraction of sp³-hybridized carbons (Fsp3) is 0.0714. The molecule has 0 saturated heterocycles. The number of anilines is 1. The molecule has 0 heterocycles. The number of hydrogen-bond donors (Lipinski definition) is 1. The lowest BCUT2D eigenvalue weighted by Gasteiger charge is -2.08. The van der Waals surface area contributed by atoms with Crippen molar-refractivity contribution in [2.45, 2.75) is 6.92 Å². The average molecular weight is 229 g/mol. The molecule has 2 N–H and O–H groups in total. The van der Waals surface area contributed by atoms with Gasteiger partial charge in [0, 0.05) is 11.3 Å². The summed E-state index contributed by atoms with van der Waals surface area (Å²) in [6.45, 7) is 1.81. The average Bonchev–Trinajstić information content (AvgIpc) is 2.29. The quantitative estimate of drug-likeness (QED) is 0.635. The maximum atomic E-state index is 13.6. The lowest BCUT2D eigenvalue weighted by Crippen LogP contribution is -2.09. The van der Waals surface area contributed by atoms with E-state index in [1.165, 1.54) is 18.2 Å². The number of ketones is 1. The standard InChI is InChI=1S/C14H12FNO/c1-9-5-2-3-6-10(9)14(17)13-11(15)7-4-8-12(13)16/h2-8H,16H2,1H3. The van der Waals surface area contributed by atoms with Gasteiger partial charge in [-0.15, -0.1) is 0 Å². The van der Waals surface area contributed by atoms with Crippen LogP contribution in [0.25, 0.3) is 0 Å². The van der Waals surface area contributed by atoms with Crippen molar-refractivity contribution < 1.29 is 9.18 Å². The van der Waals surface area contributed by atoms with E-state index < -0.39 is 5.82 Å². The van der Waals surface area contributed by atoms with Gasteiger partial charge in [-0.2, -0.15) is 0 Å². The number of nitrogens with two attached hydrogens (primary N) is 1. The number of aryl methyl sites for hydroxylation is 1. The summed E-state index contributed by atoms with van der Waals surface area (Å²) in [5, 5.41) is 0. The number of carbonyl (C=O) groups excluding carboxylic acids is 1. The SMILES string of the molecule is Cc1ccccc1C(=O)c1c(N)cccc1F. The van der Waals surface area contributed by atoms with Crippen LogP contribution in [0.4, 0.5) is 10.1 Å².